The molecule has 1 amide bonds. The number of amides is 1. The van der Waals surface area contributed by atoms with Crippen molar-refractivity contribution in [1.29, 1.82) is 0 Å². The number of carbonyl (C=O) groups excluding carboxylic acids is 1. The molecule has 1 atom stereocenters. The zero-order valence-electron chi connectivity index (χ0n) is 11.0. The standard InChI is InChI=1S/C13H23NO/c1-8(2)9(3)10(4)11(5)12(6)13(15)14-7/h12H,1-7H3,(H,14,15)/b11-10+/t12-/m0/s1. The normalized spacial score (nSPS) is 14.1. The summed E-state index contributed by atoms with van der Waals surface area (Å²) in [6.07, 6.45) is 0. The van der Waals surface area contributed by atoms with Gasteiger partial charge in [-0.1, -0.05) is 11.1 Å². The quantitative estimate of drug-likeness (QED) is 0.711. The van der Waals surface area contributed by atoms with Gasteiger partial charge in [0.1, 0.15) is 0 Å². The second-order valence-corrected chi connectivity index (χ2v) is 4.27. The van der Waals surface area contributed by atoms with Crippen LogP contribution in [0.1, 0.15) is 41.5 Å². The van der Waals surface area contributed by atoms with E-state index in [-0.39, 0.29) is 11.8 Å². The van der Waals surface area contributed by atoms with Crippen molar-refractivity contribution < 1.29 is 4.79 Å². The molecule has 0 aromatic heterocycles. The average Bonchev–Trinajstić information content (AvgIpc) is 2.23. The zero-order valence-corrected chi connectivity index (χ0v) is 11.0. The number of hydrogen-bond donors (Lipinski definition) is 1. The lowest BCUT2D eigenvalue weighted by Crippen LogP contribution is -2.26. The fraction of sp³-hybridized carbons (Fsp3) is 0.615. The van der Waals surface area contributed by atoms with Gasteiger partial charge in [-0.15, -0.1) is 0 Å². The Morgan fingerprint density at radius 3 is 1.80 bits per heavy atom. The molecule has 0 aliphatic heterocycles. The summed E-state index contributed by atoms with van der Waals surface area (Å²) in [6.45, 7) is 12.3. The van der Waals surface area contributed by atoms with Gasteiger partial charge in [0.2, 0.25) is 5.91 Å². The summed E-state index contributed by atoms with van der Waals surface area (Å²) < 4.78 is 0. The Bertz CT molecular complexity index is 306. The average molecular weight is 209 g/mol. The predicted molar refractivity (Wildman–Crippen MR) is 65.7 cm³/mol. The molecule has 86 valence electrons. The van der Waals surface area contributed by atoms with Crippen molar-refractivity contribution in [1.82, 2.24) is 5.32 Å². The maximum Gasteiger partial charge on any atom is 0.226 e. The van der Waals surface area contributed by atoms with Crippen LogP contribution in [0, 0.1) is 5.92 Å². The van der Waals surface area contributed by atoms with Crippen LogP contribution in [0.2, 0.25) is 0 Å². The van der Waals surface area contributed by atoms with Gasteiger partial charge in [-0.25, -0.2) is 0 Å². The maximum absolute atomic E-state index is 11.5. The third kappa shape index (κ3) is 3.54. The van der Waals surface area contributed by atoms with Crippen LogP contribution in [-0.2, 0) is 4.79 Å². The molecule has 2 nitrogen and oxygen atoms in total. The second-order valence-electron chi connectivity index (χ2n) is 4.27. The summed E-state index contributed by atoms with van der Waals surface area (Å²) in [7, 11) is 1.68. The first-order chi connectivity index (χ1) is 6.82. The molecule has 0 rings (SSSR count). The molecule has 0 radical (unpaired) electrons. The van der Waals surface area contributed by atoms with E-state index in [0.717, 1.165) is 5.57 Å². The Kier molecular flexibility index (Phi) is 5.34. The van der Waals surface area contributed by atoms with Gasteiger partial charge in [0.05, 0.1) is 5.92 Å². The van der Waals surface area contributed by atoms with Crippen LogP contribution >= 0.6 is 0 Å². The van der Waals surface area contributed by atoms with Gasteiger partial charge in [0.25, 0.3) is 0 Å². The van der Waals surface area contributed by atoms with Gasteiger partial charge < -0.3 is 5.32 Å². The van der Waals surface area contributed by atoms with E-state index in [1.807, 2.05) is 13.8 Å². The van der Waals surface area contributed by atoms with Crippen molar-refractivity contribution in [2.75, 3.05) is 7.05 Å². The van der Waals surface area contributed by atoms with Gasteiger partial charge in [-0.05, 0) is 52.7 Å². The minimum absolute atomic E-state index is 0.0516. The van der Waals surface area contributed by atoms with Crippen molar-refractivity contribution in [2.24, 2.45) is 5.92 Å². The lowest BCUT2D eigenvalue weighted by atomic mass is 9.92. The van der Waals surface area contributed by atoms with Crippen molar-refractivity contribution in [2.45, 2.75) is 41.5 Å². The minimum atomic E-state index is -0.0516. The Morgan fingerprint density at radius 1 is 1.00 bits per heavy atom. The number of hydrogen-bond acceptors (Lipinski definition) is 1. The van der Waals surface area contributed by atoms with Gasteiger partial charge in [0, 0.05) is 7.05 Å². The Balaban J connectivity index is 5.12. The van der Waals surface area contributed by atoms with Gasteiger partial charge in [0.15, 0.2) is 0 Å². The van der Waals surface area contributed by atoms with E-state index in [1.165, 1.54) is 16.7 Å². The summed E-state index contributed by atoms with van der Waals surface area (Å²) in [6, 6.07) is 0. The molecular formula is C13H23NO. The van der Waals surface area contributed by atoms with E-state index in [9.17, 15) is 4.79 Å². The molecule has 0 spiro atoms. The highest BCUT2D eigenvalue weighted by Crippen LogP contribution is 2.22. The Labute approximate surface area is 93.5 Å². The molecule has 0 aliphatic carbocycles. The molecule has 0 aliphatic rings. The molecule has 0 aromatic carbocycles. The van der Waals surface area contributed by atoms with E-state index >= 15 is 0 Å². The number of rotatable bonds is 3. The first-order valence-corrected chi connectivity index (χ1v) is 5.36. The van der Waals surface area contributed by atoms with Crippen LogP contribution in [-0.4, -0.2) is 13.0 Å². The molecule has 15 heavy (non-hydrogen) atoms. The molecule has 0 heterocycles. The summed E-state index contributed by atoms with van der Waals surface area (Å²) >= 11 is 0. The second kappa shape index (κ2) is 5.74. The largest absolute Gasteiger partial charge is 0.359 e. The zero-order chi connectivity index (χ0) is 12.2. The van der Waals surface area contributed by atoms with E-state index in [0.29, 0.717) is 0 Å². The van der Waals surface area contributed by atoms with Gasteiger partial charge in [-0.2, -0.15) is 0 Å². The van der Waals surface area contributed by atoms with Gasteiger partial charge in [-0.3, -0.25) is 4.79 Å². The highest BCUT2D eigenvalue weighted by Gasteiger charge is 2.15. The Hall–Kier alpha value is -1.05. The van der Waals surface area contributed by atoms with Crippen molar-refractivity contribution in [3.8, 4) is 0 Å². The SMILES string of the molecule is CNC(=O)[C@@H](C)/C(C)=C(\C)C(C)=C(C)C. The molecular weight excluding hydrogens is 186 g/mol. The minimum Gasteiger partial charge on any atom is -0.359 e. The summed E-state index contributed by atoms with van der Waals surface area (Å²) in [5.74, 6) is 0.0257. The first-order valence-electron chi connectivity index (χ1n) is 5.36. The van der Waals surface area contributed by atoms with Crippen LogP contribution in [0.3, 0.4) is 0 Å². The lowest BCUT2D eigenvalue weighted by molar-refractivity contribution is -0.122. The molecule has 1 N–H and O–H groups in total. The molecule has 0 fully saturated rings. The monoisotopic (exact) mass is 209 g/mol. The molecule has 0 aromatic rings. The summed E-state index contributed by atoms with van der Waals surface area (Å²) in [5, 5.41) is 2.68. The summed E-state index contributed by atoms with van der Waals surface area (Å²) in [4.78, 5) is 11.5. The molecule has 2 heteroatoms. The highest BCUT2D eigenvalue weighted by molar-refractivity contribution is 5.81. The predicted octanol–water partition coefficient (Wildman–Crippen LogP) is 3.06. The fourth-order valence-electron chi connectivity index (χ4n) is 1.41. The summed E-state index contributed by atoms with van der Waals surface area (Å²) in [5.41, 5.74) is 4.96. The lowest BCUT2D eigenvalue weighted by Gasteiger charge is -2.15. The fourth-order valence-corrected chi connectivity index (χ4v) is 1.41. The third-order valence-corrected chi connectivity index (χ3v) is 3.19. The van der Waals surface area contributed by atoms with Crippen LogP contribution in [0.15, 0.2) is 22.3 Å². The van der Waals surface area contributed by atoms with E-state index in [1.54, 1.807) is 7.05 Å². The van der Waals surface area contributed by atoms with Crippen molar-refractivity contribution in [3.63, 3.8) is 0 Å². The molecule has 0 unspecified atom stereocenters. The van der Waals surface area contributed by atoms with Crippen LogP contribution in [0.25, 0.3) is 0 Å². The number of allylic oxidation sites excluding steroid dienone is 3. The third-order valence-electron chi connectivity index (χ3n) is 3.19. The van der Waals surface area contributed by atoms with Crippen molar-refractivity contribution >= 4 is 5.91 Å². The smallest absolute Gasteiger partial charge is 0.226 e. The van der Waals surface area contributed by atoms with Crippen molar-refractivity contribution in [3.05, 3.63) is 22.3 Å². The van der Waals surface area contributed by atoms with Crippen LogP contribution in [0.5, 0.6) is 0 Å². The molecule has 0 bridgehead atoms. The van der Waals surface area contributed by atoms with E-state index in [4.69, 9.17) is 0 Å². The van der Waals surface area contributed by atoms with Crippen LogP contribution in [0.4, 0.5) is 0 Å². The van der Waals surface area contributed by atoms with E-state index in [2.05, 4.69) is 33.0 Å². The van der Waals surface area contributed by atoms with E-state index < -0.39 is 0 Å². The topological polar surface area (TPSA) is 29.1 Å². The highest BCUT2D eigenvalue weighted by atomic mass is 16.1. The number of nitrogens with one attached hydrogen (secondary N) is 1. The Morgan fingerprint density at radius 2 is 1.47 bits per heavy atom. The van der Waals surface area contributed by atoms with Crippen LogP contribution < -0.4 is 5.32 Å². The number of carbonyl (C=O) groups is 1. The maximum atomic E-state index is 11.5. The molecule has 0 saturated carbocycles. The first kappa shape index (κ1) is 13.9. The molecule has 0 saturated heterocycles. The van der Waals surface area contributed by atoms with Gasteiger partial charge >= 0.3 is 0 Å².